The minimum Gasteiger partial charge on any atom is -0.388 e. The Hall–Kier alpha value is -0.0900. The van der Waals surface area contributed by atoms with Crippen LogP contribution < -0.4 is 5.73 Å². The Bertz CT molecular complexity index is 404. The molecule has 1 fully saturated rings. The van der Waals surface area contributed by atoms with Gasteiger partial charge in [-0.2, -0.15) is 0 Å². The zero-order valence-corrected chi connectivity index (χ0v) is 12.0. The number of benzene rings is 1. The van der Waals surface area contributed by atoms with Crippen molar-refractivity contribution in [3.05, 3.63) is 33.3 Å². The van der Waals surface area contributed by atoms with Gasteiger partial charge in [0, 0.05) is 27.0 Å². The van der Waals surface area contributed by atoms with Gasteiger partial charge in [0.25, 0.3) is 0 Å². The molecule has 3 N–H and O–H groups in total. The third-order valence-corrected chi connectivity index (χ3v) is 4.68. The predicted molar refractivity (Wildman–Crippen MR) is 74.1 cm³/mol. The molecule has 0 saturated heterocycles. The van der Waals surface area contributed by atoms with Gasteiger partial charge < -0.3 is 10.8 Å². The minimum atomic E-state index is -0.569. The van der Waals surface area contributed by atoms with Gasteiger partial charge in [0.2, 0.25) is 0 Å². The lowest BCUT2D eigenvalue weighted by atomic mass is 9.77. The number of aliphatic hydroxyl groups excluding tert-OH is 1. The van der Waals surface area contributed by atoms with Crippen LogP contribution in [-0.2, 0) is 0 Å². The van der Waals surface area contributed by atoms with E-state index >= 15 is 0 Å². The molecular weight excluding hydrogens is 302 g/mol. The summed E-state index contributed by atoms with van der Waals surface area (Å²) < 4.78 is 0.932. The first-order chi connectivity index (χ1) is 8.09. The third kappa shape index (κ3) is 2.53. The van der Waals surface area contributed by atoms with Crippen molar-refractivity contribution in [3.63, 3.8) is 0 Å². The molecule has 2 rings (SSSR count). The summed E-state index contributed by atoms with van der Waals surface area (Å²) in [6.07, 6.45) is 3.67. The molecule has 0 heterocycles. The quantitative estimate of drug-likeness (QED) is 0.893. The van der Waals surface area contributed by atoms with Crippen LogP contribution in [0.2, 0.25) is 5.02 Å². The highest BCUT2D eigenvalue weighted by Crippen LogP contribution is 2.48. The third-order valence-electron chi connectivity index (χ3n) is 3.84. The van der Waals surface area contributed by atoms with Crippen LogP contribution in [-0.4, -0.2) is 11.7 Å². The van der Waals surface area contributed by atoms with Crippen LogP contribution in [0.5, 0.6) is 0 Å². The fourth-order valence-corrected chi connectivity index (χ4v) is 3.32. The summed E-state index contributed by atoms with van der Waals surface area (Å²) in [6.45, 7) is 0.511. The van der Waals surface area contributed by atoms with Gasteiger partial charge in [-0.25, -0.2) is 0 Å². The van der Waals surface area contributed by atoms with Crippen molar-refractivity contribution in [2.75, 3.05) is 6.54 Å². The molecule has 4 heteroatoms. The predicted octanol–water partition coefficient (Wildman–Crippen LogP) is 3.66. The highest BCUT2D eigenvalue weighted by atomic mass is 79.9. The van der Waals surface area contributed by atoms with Gasteiger partial charge in [-0.05, 0) is 31.0 Å². The van der Waals surface area contributed by atoms with Crippen LogP contribution in [0.4, 0.5) is 0 Å². The number of nitrogens with two attached hydrogens (primary N) is 1. The lowest BCUT2D eigenvalue weighted by Crippen LogP contribution is -2.34. The molecule has 1 aromatic rings. The maximum Gasteiger partial charge on any atom is 0.0873 e. The second-order valence-electron chi connectivity index (χ2n) is 4.84. The van der Waals surface area contributed by atoms with Crippen molar-refractivity contribution in [1.82, 2.24) is 0 Å². The molecule has 1 unspecified atom stereocenters. The lowest BCUT2D eigenvalue weighted by molar-refractivity contribution is 0.0334. The second kappa shape index (κ2) is 5.27. The number of hydrogen-bond acceptors (Lipinski definition) is 2. The molecule has 1 aliphatic carbocycles. The van der Waals surface area contributed by atoms with E-state index in [1.165, 1.54) is 0 Å². The summed E-state index contributed by atoms with van der Waals surface area (Å²) >= 11 is 9.58. The first kappa shape index (κ1) is 13.3. The molecule has 17 heavy (non-hydrogen) atoms. The first-order valence-electron chi connectivity index (χ1n) is 5.92. The van der Waals surface area contributed by atoms with Crippen LogP contribution in [0.15, 0.2) is 22.7 Å². The average molecular weight is 319 g/mol. The van der Waals surface area contributed by atoms with Crippen molar-refractivity contribution in [1.29, 1.82) is 0 Å². The zero-order valence-electron chi connectivity index (χ0n) is 9.63. The van der Waals surface area contributed by atoms with Gasteiger partial charge >= 0.3 is 0 Å². The van der Waals surface area contributed by atoms with Gasteiger partial charge in [0.1, 0.15) is 0 Å². The molecule has 0 aliphatic heterocycles. The molecule has 0 radical (unpaired) electrons. The monoisotopic (exact) mass is 317 g/mol. The van der Waals surface area contributed by atoms with Crippen LogP contribution in [0.25, 0.3) is 0 Å². The molecule has 0 spiro atoms. The largest absolute Gasteiger partial charge is 0.388 e. The van der Waals surface area contributed by atoms with Crippen molar-refractivity contribution in [2.24, 2.45) is 11.1 Å². The van der Waals surface area contributed by atoms with Gasteiger partial charge in [-0.1, -0.05) is 40.4 Å². The fraction of sp³-hybridized carbons (Fsp3) is 0.538. The Labute approximate surface area is 115 Å². The molecule has 1 aromatic carbocycles. The van der Waals surface area contributed by atoms with E-state index in [1.54, 1.807) is 0 Å². The Morgan fingerprint density at radius 3 is 2.65 bits per heavy atom. The maximum atomic E-state index is 10.6. The smallest absolute Gasteiger partial charge is 0.0873 e. The SMILES string of the molecule is NCC1(C(O)c2cc(Br)ccc2Cl)CCCC1. The van der Waals surface area contributed by atoms with Gasteiger partial charge in [0.05, 0.1) is 6.10 Å². The summed E-state index contributed by atoms with van der Waals surface area (Å²) in [5.74, 6) is 0. The summed E-state index contributed by atoms with van der Waals surface area (Å²) in [5, 5.41) is 11.2. The van der Waals surface area contributed by atoms with E-state index in [4.69, 9.17) is 17.3 Å². The number of halogens is 2. The maximum absolute atomic E-state index is 10.6. The number of hydrogen-bond donors (Lipinski definition) is 2. The molecule has 1 saturated carbocycles. The van der Waals surface area contributed by atoms with Crippen LogP contribution in [0.1, 0.15) is 37.4 Å². The summed E-state index contributed by atoms with van der Waals surface area (Å²) in [6, 6.07) is 5.58. The molecule has 1 aliphatic rings. The Balaban J connectivity index is 2.35. The molecule has 0 amide bonds. The standard InChI is InChI=1S/C13H17BrClNO/c14-9-3-4-11(15)10(7-9)12(17)13(8-16)5-1-2-6-13/h3-4,7,12,17H,1-2,5-6,8,16H2. The van der Waals surface area contributed by atoms with Crippen molar-refractivity contribution >= 4 is 27.5 Å². The summed E-state index contributed by atoms with van der Waals surface area (Å²) in [7, 11) is 0. The van der Waals surface area contributed by atoms with E-state index in [2.05, 4.69) is 15.9 Å². The minimum absolute atomic E-state index is 0.190. The molecule has 1 atom stereocenters. The zero-order chi connectivity index (χ0) is 12.5. The van der Waals surface area contributed by atoms with Crippen molar-refractivity contribution in [3.8, 4) is 0 Å². The van der Waals surface area contributed by atoms with E-state index in [0.29, 0.717) is 11.6 Å². The molecular formula is C13H17BrClNO. The first-order valence-corrected chi connectivity index (χ1v) is 7.09. The highest BCUT2D eigenvalue weighted by Gasteiger charge is 2.40. The molecule has 94 valence electrons. The Kier molecular flexibility index (Phi) is 4.14. The van der Waals surface area contributed by atoms with Crippen molar-refractivity contribution in [2.45, 2.75) is 31.8 Å². The van der Waals surface area contributed by atoms with Gasteiger partial charge in [-0.15, -0.1) is 0 Å². The van der Waals surface area contributed by atoms with Crippen LogP contribution in [0.3, 0.4) is 0 Å². The van der Waals surface area contributed by atoms with E-state index in [-0.39, 0.29) is 5.41 Å². The Morgan fingerprint density at radius 1 is 1.41 bits per heavy atom. The van der Waals surface area contributed by atoms with Crippen LogP contribution in [0, 0.1) is 5.41 Å². The van der Waals surface area contributed by atoms with E-state index in [1.807, 2.05) is 18.2 Å². The van der Waals surface area contributed by atoms with E-state index in [0.717, 1.165) is 35.7 Å². The van der Waals surface area contributed by atoms with Gasteiger partial charge in [-0.3, -0.25) is 0 Å². The molecule has 2 nitrogen and oxygen atoms in total. The second-order valence-corrected chi connectivity index (χ2v) is 6.16. The Morgan fingerprint density at radius 2 is 2.06 bits per heavy atom. The number of aliphatic hydroxyl groups is 1. The summed E-state index contributed by atoms with van der Waals surface area (Å²) in [5.41, 5.74) is 6.48. The highest BCUT2D eigenvalue weighted by molar-refractivity contribution is 9.10. The van der Waals surface area contributed by atoms with Crippen molar-refractivity contribution < 1.29 is 5.11 Å². The molecule has 0 aromatic heterocycles. The lowest BCUT2D eigenvalue weighted by Gasteiger charge is -2.33. The molecule has 0 bridgehead atoms. The average Bonchev–Trinajstić information content (AvgIpc) is 2.81. The van der Waals surface area contributed by atoms with E-state index in [9.17, 15) is 5.11 Å². The fourth-order valence-electron chi connectivity index (χ4n) is 2.72. The van der Waals surface area contributed by atoms with Crippen LogP contribution >= 0.6 is 27.5 Å². The van der Waals surface area contributed by atoms with Gasteiger partial charge in [0.15, 0.2) is 0 Å². The topological polar surface area (TPSA) is 46.2 Å². The van der Waals surface area contributed by atoms with E-state index < -0.39 is 6.10 Å². The number of rotatable bonds is 3. The summed E-state index contributed by atoms with van der Waals surface area (Å²) in [4.78, 5) is 0. The normalized spacial score (nSPS) is 20.5.